The lowest BCUT2D eigenvalue weighted by molar-refractivity contribution is -0.143. The maximum atomic E-state index is 11.9. The predicted molar refractivity (Wildman–Crippen MR) is 108 cm³/mol. The van der Waals surface area contributed by atoms with E-state index >= 15 is 0 Å². The monoisotopic (exact) mass is 384 g/mol. The van der Waals surface area contributed by atoms with E-state index in [9.17, 15) is 9.59 Å². The van der Waals surface area contributed by atoms with E-state index in [4.69, 9.17) is 9.47 Å². The Morgan fingerprint density at radius 2 is 1.07 bits per heavy atom. The van der Waals surface area contributed by atoms with Crippen LogP contribution >= 0.6 is 0 Å². The Kier molecular flexibility index (Phi) is 9.18. The summed E-state index contributed by atoms with van der Waals surface area (Å²) in [6.07, 6.45) is 0. The standard InChI is InChI=1S/C22H28N2O4/c1-3-27-19(25)15-23-21(17-11-7-5-8-12-17)22(18-13-9-6-10-14-18)24-16-20(26)28-4-2/h5-14,21-24H,3-4,15-16H2,1-2H3/t21-,22-/m1/s1. The van der Waals surface area contributed by atoms with Crippen molar-refractivity contribution >= 4 is 11.9 Å². The number of hydrogen-bond acceptors (Lipinski definition) is 6. The number of benzene rings is 2. The molecule has 0 amide bonds. The fraction of sp³-hybridized carbons (Fsp3) is 0.364. The van der Waals surface area contributed by atoms with Crippen LogP contribution in [0, 0.1) is 0 Å². The van der Waals surface area contributed by atoms with Crippen molar-refractivity contribution in [3.63, 3.8) is 0 Å². The lowest BCUT2D eigenvalue weighted by atomic mass is 9.93. The van der Waals surface area contributed by atoms with Crippen molar-refractivity contribution in [2.45, 2.75) is 25.9 Å². The van der Waals surface area contributed by atoms with Crippen molar-refractivity contribution in [3.05, 3.63) is 71.8 Å². The number of ether oxygens (including phenoxy) is 2. The maximum Gasteiger partial charge on any atom is 0.319 e. The minimum Gasteiger partial charge on any atom is -0.465 e. The number of rotatable bonds is 11. The van der Waals surface area contributed by atoms with Crippen LogP contribution in [0.15, 0.2) is 60.7 Å². The minimum atomic E-state index is -0.319. The fourth-order valence-corrected chi connectivity index (χ4v) is 2.99. The number of nitrogens with one attached hydrogen (secondary N) is 2. The predicted octanol–water partition coefficient (Wildman–Crippen LogP) is 2.77. The summed E-state index contributed by atoms with van der Waals surface area (Å²) in [6.45, 7) is 4.36. The van der Waals surface area contributed by atoms with Gasteiger partial charge in [0, 0.05) is 0 Å². The third-order valence-corrected chi connectivity index (χ3v) is 4.19. The molecule has 2 aromatic carbocycles. The van der Waals surface area contributed by atoms with Gasteiger partial charge in [-0.3, -0.25) is 20.2 Å². The molecule has 0 aromatic heterocycles. The first-order chi connectivity index (χ1) is 13.7. The Balaban J connectivity index is 2.28. The van der Waals surface area contributed by atoms with E-state index in [1.165, 1.54) is 0 Å². The highest BCUT2D eigenvalue weighted by molar-refractivity contribution is 5.72. The molecular formula is C22H28N2O4. The molecule has 0 aliphatic heterocycles. The van der Waals surface area contributed by atoms with Gasteiger partial charge >= 0.3 is 11.9 Å². The lowest BCUT2D eigenvalue weighted by Gasteiger charge is -2.29. The van der Waals surface area contributed by atoms with Crippen molar-refractivity contribution in [1.82, 2.24) is 10.6 Å². The Morgan fingerprint density at radius 1 is 0.714 bits per heavy atom. The molecule has 28 heavy (non-hydrogen) atoms. The second-order valence-electron chi connectivity index (χ2n) is 6.15. The van der Waals surface area contributed by atoms with Crippen LogP contribution in [0.2, 0.25) is 0 Å². The van der Waals surface area contributed by atoms with Gasteiger partial charge in [-0.15, -0.1) is 0 Å². The Hall–Kier alpha value is -2.70. The molecule has 6 nitrogen and oxygen atoms in total. The van der Waals surface area contributed by atoms with Gasteiger partial charge in [-0.1, -0.05) is 60.7 Å². The highest BCUT2D eigenvalue weighted by atomic mass is 16.5. The second-order valence-corrected chi connectivity index (χ2v) is 6.15. The van der Waals surface area contributed by atoms with E-state index in [1.807, 2.05) is 60.7 Å². The summed E-state index contributed by atoms with van der Waals surface area (Å²) in [5, 5.41) is 6.57. The van der Waals surface area contributed by atoms with E-state index in [2.05, 4.69) is 10.6 Å². The molecule has 2 N–H and O–H groups in total. The van der Waals surface area contributed by atoms with Gasteiger partial charge < -0.3 is 9.47 Å². The molecule has 0 saturated carbocycles. The summed E-state index contributed by atoms with van der Waals surface area (Å²) in [5.41, 5.74) is 1.99. The molecule has 0 unspecified atom stereocenters. The molecule has 0 fully saturated rings. The molecule has 2 atom stereocenters. The van der Waals surface area contributed by atoms with Crippen molar-refractivity contribution in [1.29, 1.82) is 0 Å². The summed E-state index contributed by atoms with van der Waals surface area (Å²) in [7, 11) is 0. The van der Waals surface area contributed by atoms with Gasteiger partial charge in [0.2, 0.25) is 0 Å². The molecule has 150 valence electrons. The summed E-state index contributed by atoms with van der Waals surface area (Å²) in [4.78, 5) is 23.8. The van der Waals surface area contributed by atoms with Gasteiger partial charge in [0.1, 0.15) is 0 Å². The smallest absolute Gasteiger partial charge is 0.319 e. The van der Waals surface area contributed by atoms with Crippen LogP contribution in [0.1, 0.15) is 37.1 Å². The van der Waals surface area contributed by atoms with Gasteiger partial charge in [0.15, 0.2) is 0 Å². The van der Waals surface area contributed by atoms with Gasteiger partial charge in [-0.05, 0) is 25.0 Å². The maximum absolute atomic E-state index is 11.9. The molecule has 0 radical (unpaired) electrons. The SMILES string of the molecule is CCOC(=O)CN[C@H](c1ccccc1)[C@H](NCC(=O)OCC)c1ccccc1. The average molecular weight is 384 g/mol. The number of carbonyl (C=O) groups excluding carboxylic acids is 2. The van der Waals surface area contributed by atoms with Gasteiger partial charge in [0.05, 0.1) is 38.4 Å². The number of hydrogen-bond donors (Lipinski definition) is 2. The van der Waals surface area contributed by atoms with E-state index in [0.717, 1.165) is 11.1 Å². The molecule has 0 bridgehead atoms. The van der Waals surface area contributed by atoms with E-state index in [-0.39, 0.29) is 37.1 Å². The molecule has 0 heterocycles. The van der Waals surface area contributed by atoms with Crippen LogP contribution in [-0.4, -0.2) is 38.2 Å². The summed E-state index contributed by atoms with van der Waals surface area (Å²) >= 11 is 0. The van der Waals surface area contributed by atoms with Crippen molar-refractivity contribution in [3.8, 4) is 0 Å². The normalized spacial score (nSPS) is 12.8. The summed E-state index contributed by atoms with van der Waals surface area (Å²) in [6, 6.07) is 19.1. The topological polar surface area (TPSA) is 76.7 Å². The quantitative estimate of drug-likeness (QED) is 0.580. The zero-order chi connectivity index (χ0) is 20.2. The van der Waals surface area contributed by atoms with Crippen molar-refractivity contribution in [2.75, 3.05) is 26.3 Å². The molecule has 0 spiro atoms. The molecule has 0 saturated heterocycles. The number of esters is 2. The van der Waals surface area contributed by atoms with Crippen LogP contribution in [-0.2, 0) is 19.1 Å². The Morgan fingerprint density at radius 3 is 1.39 bits per heavy atom. The van der Waals surface area contributed by atoms with Gasteiger partial charge in [0.25, 0.3) is 0 Å². The Labute approximate surface area is 166 Å². The van der Waals surface area contributed by atoms with Crippen LogP contribution in [0.3, 0.4) is 0 Å². The molecule has 6 heteroatoms. The third kappa shape index (κ3) is 6.79. The first kappa shape index (κ1) is 21.6. The van der Waals surface area contributed by atoms with Crippen LogP contribution in [0.25, 0.3) is 0 Å². The lowest BCUT2D eigenvalue weighted by Crippen LogP contribution is -2.40. The highest BCUT2D eigenvalue weighted by Gasteiger charge is 2.26. The van der Waals surface area contributed by atoms with Gasteiger partial charge in [-0.25, -0.2) is 0 Å². The minimum absolute atomic E-state index is 0.0673. The van der Waals surface area contributed by atoms with E-state index in [1.54, 1.807) is 13.8 Å². The molecule has 0 aliphatic carbocycles. The molecule has 2 rings (SSSR count). The van der Waals surface area contributed by atoms with Crippen molar-refractivity contribution < 1.29 is 19.1 Å². The highest BCUT2D eigenvalue weighted by Crippen LogP contribution is 2.28. The van der Waals surface area contributed by atoms with E-state index < -0.39 is 0 Å². The molecular weight excluding hydrogens is 356 g/mol. The summed E-state index contributed by atoms with van der Waals surface area (Å²) < 4.78 is 10.1. The molecule has 2 aromatic rings. The first-order valence-electron chi connectivity index (χ1n) is 9.53. The zero-order valence-electron chi connectivity index (χ0n) is 16.4. The van der Waals surface area contributed by atoms with Crippen molar-refractivity contribution in [2.24, 2.45) is 0 Å². The Bertz CT molecular complexity index is 658. The molecule has 0 aliphatic rings. The second kappa shape index (κ2) is 11.9. The largest absolute Gasteiger partial charge is 0.465 e. The number of carbonyl (C=O) groups is 2. The van der Waals surface area contributed by atoms with Crippen LogP contribution < -0.4 is 10.6 Å². The van der Waals surface area contributed by atoms with Crippen LogP contribution in [0.5, 0.6) is 0 Å². The van der Waals surface area contributed by atoms with E-state index in [0.29, 0.717) is 13.2 Å². The fourth-order valence-electron chi connectivity index (χ4n) is 2.99. The zero-order valence-corrected chi connectivity index (χ0v) is 16.4. The first-order valence-corrected chi connectivity index (χ1v) is 9.53. The van der Waals surface area contributed by atoms with Crippen LogP contribution in [0.4, 0.5) is 0 Å². The summed E-state index contributed by atoms with van der Waals surface area (Å²) in [5.74, 6) is -0.638. The third-order valence-electron chi connectivity index (χ3n) is 4.19. The average Bonchev–Trinajstić information content (AvgIpc) is 2.72. The van der Waals surface area contributed by atoms with Gasteiger partial charge in [-0.2, -0.15) is 0 Å².